The normalized spacial score (nSPS) is 13.2. The summed E-state index contributed by atoms with van der Waals surface area (Å²) in [4.78, 5) is 11.1. The van der Waals surface area contributed by atoms with E-state index in [0.29, 0.717) is 17.7 Å². The molecule has 1 aromatic carbocycles. The highest BCUT2D eigenvalue weighted by Gasteiger charge is 2.20. The van der Waals surface area contributed by atoms with E-state index in [9.17, 15) is 13.2 Å². The number of hydrogen-bond acceptors (Lipinski definition) is 3. The number of benzene rings is 1. The third-order valence-corrected chi connectivity index (χ3v) is 4.93. The van der Waals surface area contributed by atoms with Gasteiger partial charge in [-0.25, -0.2) is 17.9 Å². The Morgan fingerprint density at radius 1 is 1.30 bits per heavy atom. The molecule has 1 unspecified atom stereocenters. The Morgan fingerprint density at radius 3 is 2.40 bits per heavy atom. The number of carboxylic acids is 1. The van der Waals surface area contributed by atoms with E-state index in [4.69, 9.17) is 5.11 Å². The first kappa shape index (κ1) is 16.7. The van der Waals surface area contributed by atoms with E-state index < -0.39 is 16.0 Å². The number of sulfonamides is 1. The zero-order valence-corrected chi connectivity index (χ0v) is 13.0. The summed E-state index contributed by atoms with van der Waals surface area (Å²) in [7, 11) is -3.68. The largest absolute Gasteiger partial charge is 0.478 e. The molecule has 1 aromatic rings. The molecule has 0 fully saturated rings. The quantitative estimate of drug-likeness (QED) is 0.844. The number of carboxylic acid groups (broad SMARTS) is 1. The van der Waals surface area contributed by atoms with Gasteiger partial charge in [0.1, 0.15) is 0 Å². The van der Waals surface area contributed by atoms with Crippen LogP contribution in [0.25, 0.3) is 0 Å². The topological polar surface area (TPSA) is 83.5 Å². The second-order valence-corrected chi connectivity index (χ2v) is 6.84. The molecule has 0 aliphatic rings. The number of hydrogen-bond donors (Lipinski definition) is 2. The van der Waals surface area contributed by atoms with Gasteiger partial charge in [0, 0.05) is 6.54 Å². The first-order valence-corrected chi connectivity index (χ1v) is 8.01. The number of aryl methyl sites for hydroxylation is 2. The zero-order chi connectivity index (χ0) is 15.5. The Bertz CT molecular complexity index is 608. The van der Waals surface area contributed by atoms with Gasteiger partial charge in [0.05, 0.1) is 10.5 Å². The van der Waals surface area contributed by atoms with Gasteiger partial charge in [-0.3, -0.25) is 0 Å². The average Bonchev–Trinajstić information content (AvgIpc) is 2.35. The number of rotatable bonds is 6. The van der Waals surface area contributed by atoms with E-state index in [1.807, 2.05) is 13.8 Å². The van der Waals surface area contributed by atoms with Crippen molar-refractivity contribution in [3.05, 3.63) is 28.8 Å². The summed E-state index contributed by atoms with van der Waals surface area (Å²) in [5, 5.41) is 9.09. The van der Waals surface area contributed by atoms with Crippen LogP contribution in [0.15, 0.2) is 17.0 Å². The number of nitrogens with one attached hydrogen (secondary N) is 1. The van der Waals surface area contributed by atoms with Gasteiger partial charge in [0.2, 0.25) is 10.0 Å². The molecule has 0 radical (unpaired) electrons. The molecule has 20 heavy (non-hydrogen) atoms. The fourth-order valence-electron chi connectivity index (χ4n) is 1.83. The summed E-state index contributed by atoms with van der Waals surface area (Å²) in [6, 6.07) is 2.81. The Morgan fingerprint density at radius 2 is 1.90 bits per heavy atom. The lowest BCUT2D eigenvalue weighted by atomic mass is 10.1. The Kier molecular flexibility index (Phi) is 5.30. The highest BCUT2D eigenvalue weighted by atomic mass is 32.2. The van der Waals surface area contributed by atoms with Crippen molar-refractivity contribution in [3.63, 3.8) is 0 Å². The van der Waals surface area contributed by atoms with Crippen LogP contribution >= 0.6 is 0 Å². The summed E-state index contributed by atoms with van der Waals surface area (Å²) < 4.78 is 27.0. The molecule has 0 aromatic heterocycles. The first-order valence-electron chi connectivity index (χ1n) is 6.53. The molecule has 5 nitrogen and oxygen atoms in total. The molecular formula is C14H21NO4S. The fraction of sp³-hybridized carbons (Fsp3) is 0.500. The van der Waals surface area contributed by atoms with Gasteiger partial charge in [0.25, 0.3) is 0 Å². The van der Waals surface area contributed by atoms with Gasteiger partial charge in [-0.2, -0.15) is 0 Å². The summed E-state index contributed by atoms with van der Waals surface area (Å²) in [6.07, 6.45) is 0.871. The maximum absolute atomic E-state index is 12.3. The summed E-state index contributed by atoms with van der Waals surface area (Å²) in [5.41, 5.74) is 1.11. The van der Waals surface area contributed by atoms with Crippen molar-refractivity contribution >= 4 is 16.0 Å². The molecule has 112 valence electrons. The monoisotopic (exact) mass is 299 g/mol. The third-order valence-electron chi connectivity index (χ3n) is 3.36. The second-order valence-electron chi connectivity index (χ2n) is 5.10. The van der Waals surface area contributed by atoms with Crippen LogP contribution in [-0.4, -0.2) is 26.0 Å². The first-order chi connectivity index (χ1) is 9.19. The standard InChI is InChI=1S/C14H21NO4S/c1-5-9(2)8-15-20(18,19)13-7-12(14(16)17)10(3)6-11(13)4/h6-7,9,15H,5,8H2,1-4H3,(H,16,17). The molecule has 1 atom stereocenters. The summed E-state index contributed by atoms with van der Waals surface area (Å²) >= 11 is 0. The van der Waals surface area contributed by atoms with E-state index in [2.05, 4.69) is 4.72 Å². The second kappa shape index (κ2) is 6.37. The van der Waals surface area contributed by atoms with Crippen LogP contribution in [-0.2, 0) is 10.0 Å². The Labute approximate surface area is 120 Å². The maximum Gasteiger partial charge on any atom is 0.335 e. The molecule has 0 aliphatic carbocycles. The van der Waals surface area contributed by atoms with Crippen molar-refractivity contribution in [2.24, 2.45) is 5.92 Å². The van der Waals surface area contributed by atoms with Crippen LogP contribution in [0.2, 0.25) is 0 Å². The van der Waals surface area contributed by atoms with Crippen molar-refractivity contribution in [3.8, 4) is 0 Å². The van der Waals surface area contributed by atoms with Gasteiger partial charge in [-0.15, -0.1) is 0 Å². The fourth-order valence-corrected chi connectivity index (χ4v) is 3.24. The van der Waals surface area contributed by atoms with E-state index in [0.717, 1.165) is 6.42 Å². The highest BCUT2D eigenvalue weighted by Crippen LogP contribution is 2.20. The van der Waals surface area contributed by atoms with Crippen LogP contribution in [0.1, 0.15) is 41.8 Å². The molecule has 0 aliphatic heterocycles. The Hall–Kier alpha value is -1.40. The number of carbonyl (C=O) groups is 1. The predicted octanol–water partition coefficient (Wildman–Crippen LogP) is 2.33. The highest BCUT2D eigenvalue weighted by molar-refractivity contribution is 7.89. The number of aromatic carboxylic acids is 1. The average molecular weight is 299 g/mol. The van der Waals surface area contributed by atoms with Gasteiger partial charge in [0.15, 0.2) is 0 Å². The van der Waals surface area contributed by atoms with Crippen molar-refractivity contribution < 1.29 is 18.3 Å². The van der Waals surface area contributed by atoms with Crippen molar-refractivity contribution in [1.29, 1.82) is 0 Å². The van der Waals surface area contributed by atoms with Crippen LogP contribution in [0.3, 0.4) is 0 Å². The summed E-state index contributed by atoms with van der Waals surface area (Å²) in [5.74, 6) is -0.893. The molecule has 0 bridgehead atoms. The van der Waals surface area contributed by atoms with Gasteiger partial charge < -0.3 is 5.11 Å². The van der Waals surface area contributed by atoms with Crippen molar-refractivity contribution in [2.75, 3.05) is 6.54 Å². The van der Waals surface area contributed by atoms with Crippen LogP contribution in [0.5, 0.6) is 0 Å². The lowest BCUT2D eigenvalue weighted by Crippen LogP contribution is -2.29. The molecule has 0 amide bonds. The Balaban J connectivity index is 3.18. The van der Waals surface area contributed by atoms with Gasteiger partial charge >= 0.3 is 5.97 Å². The molecular weight excluding hydrogens is 278 g/mol. The van der Waals surface area contributed by atoms with Crippen LogP contribution in [0.4, 0.5) is 0 Å². The SMILES string of the molecule is CCC(C)CNS(=O)(=O)c1cc(C(=O)O)c(C)cc1C. The van der Waals surface area contributed by atoms with Crippen molar-refractivity contribution in [2.45, 2.75) is 39.0 Å². The molecule has 0 heterocycles. The lowest BCUT2D eigenvalue weighted by Gasteiger charge is -2.14. The van der Waals surface area contributed by atoms with Crippen molar-refractivity contribution in [1.82, 2.24) is 4.72 Å². The minimum absolute atomic E-state index is 0.0134. The smallest absolute Gasteiger partial charge is 0.335 e. The van der Waals surface area contributed by atoms with E-state index in [1.54, 1.807) is 19.9 Å². The van der Waals surface area contributed by atoms with E-state index in [-0.39, 0.29) is 16.4 Å². The minimum Gasteiger partial charge on any atom is -0.478 e. The lowest BCUT2D eigenvalue weighted by molar-refractivity contribution is 0.0696. The maximum atomic E-state index is 12.3. The zero-order valence-electron chi connectivity index (χ0n) is 12.2. The van der Waals surface area contributed by atoms with Gasteiger partial charge in [-0.1, -0.05) is 26.3 Å². The molecule has 0 spiro atoms. The molecule has 0 saturated carbocycles. The molecule has 6 heteroatoms. The summed E-state index contributed by atoms with van der Waals surface area (Å²) in [6.45, 7) is 7.59. The van der Waals surface area contributed by atoms with Gasteiger partial charge in [-0.05, 0) is 37.0 Å². The minimum atomic E-state index is -3.68. The molecule has 0 saturated heterocycles. The van der Waals surface area contributed by atoms with Crippen LogP contribution < -0.4 is 4.72 Å². The van der Waals surface area contributed by atoms with Crippen LogP contribution in [0, 0.1) is 19.8 Å². The molecule has 1 rings (SSSR count). The van der Waals surface area contributed by atoms with E-state index >= 15 is 0 Å². The predicted molar refractivity (Wildman–Crippen MR) is 77.5 cm³/mol. The van der Waals surface area contributed by atoms with E-state index in [1.165, 1.54) is 6.07 Å². The third kappa shape index (κ3) is 3.80. The molecule has 2 N–H and O–H groups in total.